The maximum Gasteiger partial charge on any atom is 0.255 e. The van der Waals surface area contributed by atoms with Gasteiger partial charge in [0, 0.05) is 26.9 Å². The number of aryl methyl sites for hydroxylation is 2. The number of benzene rings is 3. The molecule has 0 saturated carbocycles. The van der Waals surface area contributed by atoms with Crippen molar-refractivity contribution in [3.8, 4) is 0 Å². The molecule has 0 heterocycles. The van der Waals surface area contributed by atoms with Gasteiger partial charge in [-0.15, -0.1) is 11.8 Å². The molecule has 0 aromatic heterocycles. The van der Waals surface area contributed by atoms with Gasteiger partial charge in [-0.1, -0.05) is 48.9 Å². The van der Waals surface area contributed by atoms with Crippen LogP contribution in [0.2, 0.25) is 5.02 Å². The first-order chi connectivity index (χ1) is 14.9. The standard InChI is InChI=1S/C25H25ClN2O2S/c1-4-23(25(30)28-19-13-12-17(3)22(26)15-19)31-20-10-7-9-18(14-20)27-24(29)21-11-6-5-8-16(21)2/h5-15,23H,4H2,1-3H3,(H,27,29)(H,28,30). The van der Waals surface area contributed by atoms with Gasteiger partial charge in [-0.25, -0.2) is 0 Å². The molecular formula is C25H25ClN2O2S. The van der Waals surface area contributed by atoms with Crippen molar-refractivity contribution >= 4 is 46.6 Å². The maximum atomic E-state index is 12.8. The summed E-state index contributed by atoms with van der Waals surface area (Å²) in [5, 5.41) is 6.23. The summed E-state index contributed by atoms with van der Waals surface area (Å²) in [4.78, 5) is 26.3. The van der Waals surface area contributed by atoms with Gasteiger partial charge in [0.1, 0.15) is 0 Å². The third-order valence-electron chi connectivity index (χ3n) is 4.86. The molecule has 0 saturated heterocycles. The van der Waals surface area contributed by atoms with E-state index >= 15 is 0 Å². The Kier molecular flexibility index (Phi) is 7.77. The highest BCUT2D eigenvalue weighted by Crippen LogP contribution is 2.29. The first-order valence-electron chi connectivity index (χ1n) is 10.1. The van der Waals surface area contributed by atoms with Crippen molar-refractivity contribution in [3.05, 3.63) is 88.4 Å². The molecule has 0 radical (unpaired) electrons. The fourth-order valence-electron chi connectivity index (χ4n) is 3.05. The number of hydrogen-bond donors (Lipinski definition) is 2. The minimum absolute atomic E-state index is 0.0817. The third-order valence-corrected chi connectivity index (χ3v) is 6.63. The van der Waals surface area contributed by atoms with Gasteiger partial charge in [0.2, 0.25) is 5.91 Å². The van der Waals surface area contributed by atoms with Crippen molar-refractivity contribution in [1.29, 1.82) is 0 Å². The van der Waals surface area contributed by atoms with Gasteiger partial charge in [-0.2, -0.15) is 0 Å². The SMILES string of the molecule is CCC(Sc1cccc(NC(=O)c2ccccc2C)c1)C(=O)Nc1ccc(C)c(Cl)c1. The second-order valence-corrected chi connectivity index (χ2v) is 8.95. The molecule has 4 nitrogen and oxygen atoms in total. The number of anilines is 2. The van der Waals surface area contributed by atoms with E-state index < -0.39 is 0 Å². The van der Waals surface area contributed by atoms with Gasteiger partial charge in [0.15, 0.2) is 0 Å². The molecule has 3 aromatic rings. The molecule has 31 heavy (non-hydrogen) atoms. The van der Waals surface area contributed by atoms with Crippen LogP contribution in [-0.2, 0) is 4.79 Å². The lowest BCUT2D eigenvalue weighted by molar-refractivity contribution is -0.115. The molecule has 0 aliphatic heterocycles. The molecule has 0 fully saturated rings. The second-order valence-electron chi connectivity index (χ2n) is 7.26. The van der Waals surface area contributed by atoms with Crippen LogP contribution in [0.5, 0.6) is 0 Å². The zero-order chi connectivity index (χ0) is 22.4. The Morgan fingerprint density at radius 1 is 0.903 bits per heavy atom. The van der Waals surface area contributed by atoms with Crippen molar-refractivity contribution in [3.63, 3.8) is 0 Å². The van der Waals surface area contributed by atoms with Gasteiger partial charge in [-0.05, 0) is 67.8 Å². The van der Waals surface area contributed by atoms with Crippen LogP contribution in [0.1, 0.15) is 34.8 Å². The summed E-state index contributed by atoms with van der Waals surface area (Å²) < 4.78 is 0. The van der Waals surface area contributed by atoms with Crippen LogP contribution in [0, 0.1) is 13.8 Å². The minimum Gasteiger partial charge on any atom is -0.325 e. The second kappa shape index (κ2) is 10.5. The van der Waals surface area contributed by atoms with E-state index in [9.17, 15) is 9.59 Å². The predicted molar refractivity (Wildman–Crippen MR) is 130 cm³/mol. The van der Waals surface area contributed by atoms with Gasteiger partial charge >= 0.3 is 0 Å². The van der Waals surface area contributed by atoms with E-state index in [0.29, 0.717) is 28.4 Å². The Bertz CT molecular complexity index is 1100. The zero-order valence-corrected chi connectivity index (χ0v) is 19.3. The number of thioether (sulfide) groups is 1. The van der Waals surface area contributed by atoms with E-state index in [1.54, 1.807) is 12.1 Å². The molecule has 6 heteroatoms. The molecule has 0 spiro atoms. The van der Waals surface area contributed by atoms with Gasteiger partial charge in [-0.3, -0.25) is 9.59 Å². The van der Waals surface area contributed by atoms with Crippen LogP contribution in [0.25, 0.3) is 0 Å². The lowest BCUT2D eigenvalue weighted by Crippen LogP contribution is -2.24. The average Bonchev–Trinajstić information content (AvgIpc) is 2.75. The molecule has 3 aromatic carbocycles. The molecule has 1 unspecified atom stereocenters. The van der Waals surface area contributed by atoms with Crippen LogP contribution < -0.4 is 10.6 Å². The maximum absolute atomic E-state index is 12.8. The highest BCUT2D eigenvalue weighted by atomic mass is 35.5. The van der Waals surface area contributed by atoms with Gasteiger partial charge in [0.05, 0.1) is 5.25 Å². The number of rotatable bonds is 7. The van der Waals surface area contributed by atoms with E-state index in [-0.39, 0.29) is 17.1 Å². The van der Waals surface area contributed by atoms with Crippen molar-refractivity contribution in [1.82, 2.24) is 0 Å². The topological polar surface area (TPSA) is 58.2 Å². The Labute approximate surface area is 192 Å². The third kappa shape index (κ3) is 6.12. The largest absolute Gasteiger partial charge is 0.325 e. The van der Waals surface area contributed by atoms with Crippen molar-refractivity contribution in [2.45, 2.75) is 37.3 Å². The summed E-state index contributed by atoms with van der Waals surface area (Å²) in [6.45, 7) is 5.81. The summed E-state index contributed by atoms with van der Waals surface area (Å²) in [6.07, 6.45) is 0.663. The summed E-state index contributed by atoms with van der Waals surface area (Å²) in [7, 11) is 0. The van der Waals surface area contributed by atoms with Crippen LogP contribution in [-0.4, -0.2) is 17.1 Å². The number of halogens is 1. The average molecular weight is 453 g/mol. The zero-order valence-electron chi connectivity index (χ0n) is 17.7. The van der Waals surface area contributed by atoms with Gasteiger partial charge in [0.25, 0.3) is 5.91 Å². The number of amides is 2. The fraction of sp³-hybridized carbons (Fsp3) is 0.200. The quantitative estimate of drug-likeness (QED) is 0.391. The van der Waals surface area contributed by atoms with E-state index in [4.69, 9.17) is 11.6 Å². The summed E-state index contributed by atoms with van der Waals surface area (Å²) in [5.41, 5.74) is 3.90. The van der Waals surface area contributed by atoms with Gasteiger partial charge < -0.3 is 10.6 Å². The molecule has 160 valence electrons. The number of nitrogens with one attached hydrogen (secondary N) is 2. The van der Waals surface area contributed by atoms with Crippen molar-refractivity contribution in [2.24, 2.45) is 0 Å². The Balaban J connectivity index is 1.68. The number of carbonyl (C=O) groups excluding carboxylic acids is 2. The van der Waals surface area contributed by atoms with Crippen LogP contribution in [0.3, 0.4) is 0 Å². The molecule has 2 amide bonds. The lowest BCUT2D eigenvalue weighted by atomic mass is 10.1. The first-order valence-corrected chi connectivity index (χ1v) is 11.3. The summed E-state index contributed by atoms with van der Waals surface area (Å²) >= 11 is 7.63. The predicted octanol–water partition coefficient (Wildman–Crippen LogP) is 6.72. The van der Waals surface area contributed by atoms with Crippen molar-refractivity contribution in [2.75, 3.05) is 10.6 Å². The van der Waals surface area contributed by atoms with Crippen LogP contribution in [0.15, 0.2) is 71.6 Å². The molecular weight excluding hydrogens is 428 g/mol. The highest BCUT2D eigenvalue weighted by Gasteiger charge is 2.19. The lowest BCUT2D eigenvalue weighted by Gasteiger charge is -2.16. The summed E-state index contributed by atoms with van der Waals surface area (Å²) in [6, 6.07) is 20.5. The van der Waals surface area contributed by atoms with Crippen molar-refractivity contribution < 1.29 is 9.59 Å². The van der Waals surface area contributed by atoms with Crippen LogP contribution in [0.4, 0.5) is 11.4 Å². The first kappa shape index (κ1) is 22.9. The molecule has 3 rings (SSSR count). The summed E-state index contributed by atoms with van der Waals surface area (Å²) in [5.74, 6) is -0.233. The Morgan fingerprint density at radius 3 is 2.35 bits per heavy atom. The molecule has 0 aliphatic rings. The fourth-order valence-corrected chi connectivity index (χ4v) is 4.25. The molecule has 0 aliphatic carbocycles. The molecule has 1 atom stereocenters. The number of carbonyl (C=O) groups is 2. The van der Waals surface area contributed by atoms with E-state index in [1.807, 2.05) is 75.4 Å². The van der Waals surface area contributed by atoms with E-state index in [1.165, 1.54) is 11.8 Å². The molecule has 0 bridgehead atoms. The minimum atomic E-state index is -0.276. The normalized spacial score (nSPS) is 11.6. The Hall–Kier alpha value is -2.76. The highest BCUT2D eigenvalue weighted by molar-refractivity contribution is 8.00. The van der Waals surface area contributed by atoms with E-state index in [2.05, 4.69) is 10.6 Å². The molecule has 2 N–H and O–H groups in total. The smallest absolute Gasteiger partial charge is 0.255 e. The van der Waals surface area contributed by atoms with E-state index in [0.717, 1.165) is 16.0 Å². The number of hydrogen-bond acceptors (Lipinski definition) is 3. The Morgan fingerprint density at radius 2 is 1.65 bits per heavy atom. The van der Waals surface area contributed by atoms with Crippen LogP contribution >= 0.6 is 23.4 Å². The monoisotopic (exact) mass is 452 g/mol.